The Labute approximate surface area is 158 Å². The number of fused-ring (bicyclic) bond motifs is 2. The maximum Gasteiger partial charge on any atom is 0.294 e. The molecule has 0 saturated heterocycles. The van der Waals surface area contributed by atoms with Crippen LogP contribution in [-0.2, 0) is 14.1 Å². The van der Waals surface area contributed by atoms with Gasteiger partial charge in [0.15, 0.2) is 11.0 Å². The third-order valence-corrected chi connectivity index (χ3v) is 5.36. The van der Waals surface area contributed by atoms with Crippen LogP contribution in [-0.4, -0.2) is 17.7 Å². The zero-order valence-electron chi connectivity index (χ0n) is 16.3. The van der Waals surface area contributed by atoms with Gasteiger partial charge in [0, 0.05) is 30.2 Å². The van der Waals surface area contributed by atoms with E-state index in [0.29, 0.717) is 0 Å². The number of nitrogens with zero attached hydrogens (tertiary/aromatic N) is 3. The molecule has 4 rings (SSSR count). The van der Waals surface area contributed by atoms with Gasteiger partial charge in [-0.3, -0.25) is 5.41 Å². The van der Waals surface area contributed by atoms with Gasteiger partial charge in [0.25, 0.3) is 5.82 Å². The summed E-state index contributed by atoms with van der Waals surface area (Å²) in [5.74, 6) is 0.958. The summed E-state index contributed by atoms with van der Waals surface area (Å²) in [7, 11) is 4.07. The molecule has 0 atom stereocenters. The Kier molecular flexibility index (Phi) is 4.22. The minimum absolute atomic E-state index is 0.181. The zero-order valence-corrected chi connectivity index (χ0v) is 16.3. The van der Waals surface area contributed by atoms with Crippen molar-refractivity contribution in [2.24, 2.45) is 14.1 Å². The molecule has 0 aliphatic rings. The summed E-state index contributed by atoms with van der Waals surface area (Å²) in [6.45, 7) is 6.17. The third-order valence-electron chi connectivity index (χ3n) is 5.36. The number of para-hydroxylation sites is 2. The van der Waals surface area contributed by atoms with E-state index in [4.69, 9.17) is 9.83 Å². The van der Waals surface area contributed by atoms with E-state index in [1.165, 1.54) is 0 Å². The van der Waals surface area contributed by atoms with Gasteiger partial charge in [0.2, 0.25) is 5.55 Å². The van der Waals surface area contributed by atoms with Crippen LogP contribution in [0.1, 0.15) is 13.8 Å². The van der Waals surface area contributed by atoms with E-state index in [-0.39, 0.29) is 5.55 Å². The van der Waals surface area contributed by atoms with Gasteiger partial charge in [-0.05, 0) is 44.2 Å². The SMILES string of the molecule is CCN(CC)c1ccc2cc(-c3n(C)c4ccccc4[n+]3C)c(=N)oc2c1. The van der Waals surface area contributed by atoms with E-state index in [1.54, 1.807) is 0 Å². The highest BCUT2D eigenvalue weighted by atomic mass is 16.3. The molecule has 5 nitrogen and oxygen atoms in total. The van der Waals surface area contributed by atoms with Gasteiger partial charge in [0.05, 0.1) is 14.1 Å². The van der Waals surface area contributed by atoms with Crippen LogP contribution < -0.4 is 15.0 Å². The van der Waals surface area contributed by atoms with Gasteiger partial charge in [-0.1, -0.05) is 12.1 Å². The van der Waals surface area contributed by atoms with E-state index < -0.39 is 0 Å². The van der Waals surface area contributed by atoms with Crippen LogP contribution in [0.15, 0.2) is 52.9 Å². The number of imidazole rings is 1. The summed E-state index contributed by atoms with van der Waals surface area (Å²) in [5, 5.41) is 9.52. The molecule has 27 heavy (non-hydrogen) atoms. The molecule has 0 aliphatic carbocycles. The topological polar surface area (TPSA) is 49.0 Å². The molecule has 0 fully saturated rings. The lowest BCUT2D eigenvalue weighted by Gasteiger charge is -2.21. The van der Waals surface area contributed by atoms with Crippen LogP contribution >= 0.6 is 0 Å². The lowest BCUT2D eigenvalue weighted by atomic mass is 10.1. The number of hydrogen-bond acceptors (Lipinski definition) is 3. The lowest BCUT2D eigenvalue weighted by molar-refractivity contribution is -0.634. The average Bonchev–Trinajstić information content (AvgIpc) is 2.93. The standard InChI is InChI=1S/C22H25N4O/c1-5-26(6-2)16-12-11-15-13-17(21(23)27-20(15)14-16)22-24(3)18-9-7-8-10-19(18)25(22)4/h7-14,23H,5-6H2,1-4H3/q+1. The zero-order chi connectivity index (χ0) is 19.1. The molecule has 0 unspecified atom stereocenters. The summed E-state index contributed by atoms with van der Waals surface area (Å²) >= 11 is 0. The van der Waals surface area contributed by atoms with E-state index >= 15 is 0 Å². The molecule has 2 heterocycles. The summed E-state index contributed by atoms with van der Waals surface area (Å²) in [6.07, 6.45) is 0. The first-order chi connectivity index (χ1) is 13.0. The molecule has 0 radical (unpaired) electrons. The molecule has 138 valence electrons. The Morgan fingerprint density at radius 2 is 1.81 bits per heavy atom. The van der Waals surface area contributed by atoms with Crippen molar-refractivity contribution >= 4 is 27.7 Å². The quantitative estimate of drug-likeness (QED) is 0.563. The van der Waals surface area contributed by atoms with Crippen molar-refractivity contribution in [3.8, 4) is 11.4 Å². The Bertz CT molecular complexity index is 1160. The molecule has 2 aromatic heterocycles. The van der Waals surface area contributed by atoms with Gasteiger partial charge in [-0.2, -0.15) is 0 Å². The summed E-state index contributed by atoms with van der Waals surface area (Å²) < 4.78 is 10.2. The van der Waals surface area contributed by atoms with Crippen molar-refractivity contribution in [2.75, 3.05) is 18.0 Å². The summed E-state index contributed by atoms with van der Waals surface area (Å²) in [4.78, 5) is 2.27. The van der Waals surface area contributed by atoms with Crippen LogP contribution in [0.2, 0.25) is 0 Å². The van der Waals surface area contributed by atoms with Crippen molar-refractivity contribution < 1.29 is 8.98 Å². The molecule has 0 amide bonds. The van der Waals surface area contributed by atoms with Gasteiger partial charge in [-0.25, -0.2) is 9.13 Å². The molecule has 1 N–H and O–H groups in total. The van der Waals surface area contributed by atoms with Gasteiger partial charge < -0.3 is 9.32 Å². The first-order valence-electron chi connectivity index (χ1n) is 9.36. The predicted molar refractivity (Wildman–Crippen MR) is 109 cm³/mol. The number of aromatic nitrogens is 2. The second-order valence-corrected chi connectivity index (χ2v) is 6.81. The number of rotatable bonds is 4. The number of aryl methyl sites for hydroxylation is 2. The molecular weight excluding hydrogens is 336 g/mol. The van der Waals surface area contributed by atoms with Crippen LogP contribution in [0.3, 0.4) is 0 Å². The summed E-state index contributed by atoms with van der Waals surface area (Å²) in [6, 6.07) is 16.6. The Balaban J connectivity index is 1.93. The number of benzene rings is 2. The largest absolute Gasteiger partial charge is 0.438 e. The molecule has 4 aromatic rings. The lowest BCUT2D eigenvalue weighted by Crippen LogP contribution is -2.31. The summed E-state index contributed by atoms with van der Waals surface area (Å²) in [5.41, 5.74) is 5.10. The molecular formula is C22H25N4O+. The average molecular weight is 361 g/mol. The van der Waals surface area contributed by atoms with Crippen molar-refractivity contribution in [2.45, 2.75) is 13.8 Å². The van der Waals surface area contributed by atoms with Crippen LogP contribution in [0.25, 0.3) is 33.4 Å². The Morgan fingerprint density at radius 1 is 1.07 bits per heavy atom. The van der Waals surface area contributed by atoms with Crippen molar-refractivity contribution in [1.82, 2.24) is 4.57 Å². The Hall–Kier alpha value is -3.08. The highest BCUT2D eigenvalue weighted by Gasteiger charge is 2.24. The first-order valence-corrected chi connectivity index (χ1v) is 9.36. The molecule has 0 saturated carbocycles. The Morgan fingerprint density at radius 3 is 2.52 bits per heavy atom. The van der Waals surface area contributed by atoms with Crippen LogP contribution in [0, 0.1) is 5.41 Å². The normalized spacial score (nSPS) is 11.4. The second-order valence-electron chi connectivity index (χ2n) is 6.81. The van der Waals surface area contributed by atoms with Crippen molar-refractivity contribution in [3.05, 3.63) is 54.1 Å². The smallest absolute Gasteiger partial charge is 0.294 e. The van der Waals surface area contributed by atoms with E-state index in [9.17, 15) is 0 Å². The van der Waals surface area contributed by atoms with Gasteiger partial charge in [0.1, 0.15) is 11.1 Å². The van der Waals surface area contributed by atoms with Crippen molar-refractivity contribution in [3.63, 3.8) is 0 Å². The second kappa shape index (κ2) is 6.58. The monoisotopic (exact) mass is 361 g/mol. The van der Waals surface area contributed by atoms with E-state index in [1.807, 2.05) is 32.3 Å². The molecule has 2 aromatic carbocycles. The minimum atomic E-state index is 0.181. The van der Waals surface area contributed by atoms with E-state index in [0.717, 1.165) is 52.2 Å². The molecule has 0 aliphatic heterocycles. The minimum Gasteiger partial charge on any atom is -0.438 e. The molecule has 5 heteroatoms. The molecule has 0 bridgehead atoms. The fourth-order valence-electron chi connectivity index (χ4n) is 3.91. The van der Waals surface area contributed by atoms with Crippen molar-refractivity contribution in [1.29, 1.82) is 5.41 Å². The maximum atomic E-state index is 8.52. The predicted octanol–water partition coefficient (Wildman–Crippen LogP) is 3.74. The third kappa shape index (κ3) is 2.70. The maximum absolute atomic E-state index is 8.52. The first kappa shape index (κ1) is 17.3. The highest BCUT2D eigenvalue weighted by molar-refractivity contribution is 5.84. The number of anilines is 1. The number of hydrogen-bond donors (Lipinski definition) is 1. The molecule has 0 spiro atoms. The van der Waals surface area contributed by atoms with Crippen LogP contribution in [0.4, 0.5) is 5.69 Å². The number of nitrogens with one attached hydrogen (secondary N) is 1. The fraction of sp³-hybridized carbons (Fsp3) is 0.273. The van der Waals surface area contributed by atoms with E-state index in [2.05, 4.69) is 58.2 Å². The van der Waals surface area contributed by atoms with Gasteiger partial charge >= 0.3 is 0 Å². The highest BCUT2D eigenvalue weighted by Crippen LogP contribution is 2.25. The fourth-order valence-corrected chi connectivity index (χ4v) is 3.91. The van der Waals surface area contributed by atoms with Crippen LogP contribution in [0.5, 0.6) is 0 Å². The van der Waals surface area contributed by atoms with Gasteiger partial charge in [-0.15, -0.1) is 0 Å².